The van der Waals surface area contributed by atoms with Crippen molar-refractivity contribution in [3.63, 3.8) is 0 Å². The Kier molecular flexibility index (Phi) is 6.30. The van der Waals surface area contributed by atoms with Gasteiger partial charge in [0.25, 0.3) is 0 Å². The molecule has 104 valence electrons. The Hall–Kier alpha value is 0.0700. The highest BCUT2D eigenvalue weighted by atomic mass is 127. The maximum atomic E-state index is 9.95. The van der Waals surface area contributed by atoms with Gasteiger partial charge in [-0.05, 0) is 57.3 Å². The molecule has 0 aliphatic carbocycles. The molecule has 0 amide bonds. The van der Waals surface area contributed by atoms with Crippen LogP contribution < -0.4 is 5.32 Å². The zero-order valence-electron chi connectivity index (χ0n) is 10.6. The Morgan fingerprint density at radius 1 is 1.32 bits per heavy atom. The molecule has 2 N–H and O–H groups in total. The quantitative estimate of drug-likeness (QED) is 0.507. The highest BCUT2D eigenvalue weighted by molar-refractivity contribution is 14.1. The number of phenols is 1. The van der Waals surface area contributed by atoms with Gasteiger partial charge in [-0.25, -0.2) is 0 Å². The molecule has 0 bridgehead atoms. The highest BCUT2D eigenvalue weighted by Crippen LogP contribution is 2.25. The third kappa shape index (κ3) is 4.83. The molecule has 0 atom stereocenters. The second kappa shape index (κ2) is 7.75. The molecule has 0 radical (unpaired) electrons. The first-order valence-electron chi connectivity index (χ1n) is 6.28. The predicted molar refractivity (Wildman–Crippen MR) is 95.3 cm³/mol. The molecule has 1 heterocycles. The minimum absolute atomic E-state index is 0.326. The van der Waals surface area contributed by atoms with E-state index < -0.39 is 0 Å². The van der Waals surface area contributed by atoms with Crippen molar-refractivity contribution in [2.24, 2.45) is 4.99 Å². The maximum Gasteiger partial charge on any atom is 0.137 e. The van der Waals surface area contributed by atoms with E-state index >= 15 is 0 Å². The lowest BCUT2D eigenvalue weighted by atomic mass is 10.2. The van der Waals surface area contributed by atoms with E-state index in [1.165, 1.54) is 0 Å². The molecule has 0 aromatic heterocycles. The zero-order chi connectivity index (χ0) is 13.7. The van der Waals surface area contributed by atoms with Crippen LogP contribution in [0.2, 0.25) is 0 Å². The molecule has 6 heteroatoms. The van der Waals surface area contributed by atoms with Crippen LogP contribution in [0.5, 0.6) is 5.75 Å². The number of phenolic OH excluding ortho intramolecular Hbond substituents is 1. The molecule has 1 aromatic rings. The molecule has 1 fully saturated rings. The summed E-state index contributed by atoms with van der Waals surface area (Å²) < 4.78 is 1.98. The molecule has 0 unspecified atom stereocenters. The molecule has 19 heavy (non-hydrogen) atoms. The highest BCUT2D eigenvalue weighted by Gasteiger charge is 2.08. The fourth-order valence-corrected chi connectivity index (χ4v) is 3.87. The van der Waals surface area contributed by atoms with E-state index in [0.717, 1.165) is 52.0 Å². The van der Waals surface area contributed by atoms with Crippen molar-refractivity contribution in [1.82, 2.24) is 10.2 Å². The van der Waals surface area contributed by atoms with Gasteiger partial charge in [-0.2, -0.15) is 0 Å². The summed E-state index contributed by atoms with van der Waals surface area (Å²) in [6.07, 6.45) is 1.78. The van der Waals surface area contributed by atoms with Crippen LogP contribution in [-0.2, 0) is 0 Å². The standard InChI is InChI=1S/C13H17I2N3O/c14-11-7-10(13(19)12(15)8-11)9-17-3-6-18-4-1-16-2-5-18/h7-9,16,19H,1-6H2. The number of aliphatic imine (C=N–C) groups is 1. The van der Waals surface area contributed by atoms with Crippen LogP contribution in [-0.4, -0.2) is 55.5 Å². The number of hydrogen-bond donors (Lipinski definition) is 2. The topological polar surface area (TPSA) is 47.9 Å². The molecule has 0 saturated carbocycles. The molecule has 1 saturated heterocycles. The van der Waals surface area contributed by atoms with E-state index in [1.807, 2.05) is 12.1 Å². The Labute approximate surface area is 141 Å². The van der Waals surface area contributed by atoms with Crippen LogP contribution in [0.25, 0.3) is 0 Å². The summed E-state index contributed by atoms with van der Waals surface area (Å²) in [5.41, 5.74) is 0.802. The van der Waals surface area contributed by atoms with E-state index in [2.05, 4.69) is 60.4 Å². The summed E-state index contributed by atoms with van der Waals surface area (Å²) in [6, 6.07) is 3.90. The summed E-state index contributed by atoms with van der Waals surface area (Å²) in [7, 11) is 0. The van der Waals surface area contributed by atoms with Gasteiger partial charge in [-0.15, -0.1) is 0 Å². The number of benzene rings is 1. The van der Waals surface area contributed by atoms with Crippen molar-refractivity contribution in [1.29, 1.82) is 0 Å². The van der Waals surface area contributed by atoms with Crippen molar-refractivity contribution in [3.8, 4) is 5.75 Å². The van der Waals surface area contributed by atoms with Gasteiger partial charge in [-0.3, -0.25) is 9.89 Å². The average molecular weight is 485 g/mol. The molecule has 1 aromatic carbocycles. The average Bonchev–Trinajstić information content (AvgIpc) is 2.41. The monoisotopic (exact) mass is 485 g/mol. The summed E-state index contributed by atoms with van der Waals surface area (Å²) >= 11 is 4.39. The summed E-state index contributed by atoms with van der Waals surface area (Å²) in [5, 5.41) is 13.3. The largest absolute Gasteiger partial charge is 0.506 e. The molecule has 2 rings (SSSR count). The van der Waals surface area contributed by atoms with Gasteiger partial charge >= 0.3 is 0 Å². The van der Waals surface area contributed by atoms with Crippen molar-refractivity contribution >= 4 is 51.4 Å². The molecule has 1 aliphatic heterocycles. The molecule has 0 spiro atoms. The summed E-state index contributed by atoms with van der Waals surface area (Å²) in [6.45, 7) is 6.10. The lowest BCUT2D eigenvalue weighted by Crippen LogP contribution is -2.44. The number of aromatic hydroxyl groups is 1. The maximum absolute atomic E-state index is 9.95. The van der Waals surface area contributed by atoms with E-state index in [4.69, 9.17) is 0 Å². The first-order valence-corrected chi connectivity index (χ1v) is 8.43. The minimum atomic E-state index is 0.326. The molecule has 4 nitrogen and oxygen atoms in total. The number of nitrogens with one attached hydrogen (secondary N) is 1. The van der Waals surface area contributed by atoms with Crippen molar-refractivity contribution in [2.75, 3.05) is 39.3 Å². The van der Waals surface area contributed by atoms with Crippen LogP contribution in [0.1, 0.15) is 5.56 Å². The Bertz CT molecular complexity index is 459. The lowest BCUT2D eigenvalue weighted by Gasteiger charge is -2.26. The molecule has 1 aliphatic rings. The van der Waals surface area contributed by atoms with Crippen molar-refractivity contribution in [2.45, 2.75) is 0 Å². The van der Waals surface area contributed by atoms with Crippen LogP contribution >= 0.6 is 45.2 Å². The van der Waals surface area contributed by atoms with Gasteiger partial charge in [-0.1, -0.05) is 0 Å². The first-order chi connectivity index (χ1) is 9.16. The normalized spacial score (nSPS) is 17.2. The lowest BCUT2D eigenvalue weighted by molar-refractivity contribution is 0.248. The molecular formula is C13H17I2N3O. The number of piperazine rings is 1. The van der Waals surface area contributed by atoms with Gasteiger partial charge in [0.15, 0.2) is 0 Å². The number of rotatable bonds is 4. The van der Waals surface area contributed by atoms with E-state index in [1.54, 1.807) is 6.21 Å². The van der Waals surface area contributed by atoms with Gasteiger partial charge in [0, 0.05) is 48.1 Å². The second-order valence-corrected chi connectivity index (χ2v) is 6.86. The van der Waals surface area contributed by atoms with Crippen LogP contribution in [0.3, 0.4) is 0 Å². The van der Waals surface area contributed by atoms with Gasteiger partial charge in [0.1, 0.15) is 5.75 Å². The third-order valence-electron chi connectivity index (χ3n) is 3.04. The molecular weight excluding hydrogens is 468 g/mol. The number of hydrogen-bond acceptors (Lipinski definition) is 4. The van der Waals surface area contributed by atoms with Gasteiger partial charge in [0.2, 0.25) is 0 Å². The van der Waals surface area contributed by atoms with Gasteiger partial charge < -0.3 is 10.4 Å². The first kappa shape index (κ1) is 15.5. The zero-order valence-corrected chi connectivity index (χ0v) is 14.9. The van der Waals surface area contributed by atoms with Crippen molar-refractivity contribution in [3.05, 3.63) is 24.8 Å². The van der Waals surface area contributed by atoms with E-state index in [-0.39, 0.29) is 0 Å². The SMILES string of the molecule is Oc1c(I)cc(I)cc1C=NCCN1CCNCC1. The third-order valence-corrected chi connectivity index (χ3v) is 4.49. The van der Waals surface area contributed by atoms with Gasteiger partial charge in [0.05, 0.1) is 10.1 Å². The van der Waals surface area contributed by atoms with Crippen LogP contribution in [0.15, 0.2) is 17.1 Å². The van der Waals surface area contributed by atoms with E-state index in [9.17, 15) is 5.11 Å². The smallest absolute Gasteiger partial charge is 0.137 e. The fraction of sp³-hybridized carbons (Fsp3) is 0.462. The Balaban J connectivity index is 1.88. The Morgan fingerprint density at radius 2 is 2.05 bits per heavy atom. The van der Waals surface area contributed by atoms with Crippen LogP contribution in [0.4, 0.5) is 0 Å². The van der Waals surface area contributed by atoms with Crippen molar-refractivity contribution < 1.29 is 5.11 Å². The number of nitrogens with zero attached hydrogens (tertiary/aromatic N) is 2. The summed E-state index contributed by atoms with van der Waals surface area (Å²) in [4.78, 5) is 6.83. The fourth-order valence-electron chi connectivity index (χ4n) is 1.98. The number of halogens is 2. The van der Waals surface area contributed by atoms with E-state index in [0.29, 0.717) is 5.75 Å². The second-order valence-electron chi connectivity index (χ2n) is 4.45. The summed E-state index contributed by atoms with van der Waals surface area (Å²) in [5.74, 6) is 0.326. The minimum Gasteiger partial charge on any atom is -0.506 e. The van der Waals surface area contributed by atoms with Crippen LogP contribution in [0, 0.1) is 7.14 Å². The Morgan fingerprint density at radius 3 is 2.79 bits per heavy atom. The predicted octanol–water partition coefficient (Wildman–Crippen LogP) is 1.93.